The van der Waals surface area contributed by atoms with Gasteiger partial charge in [0.1, 0.15) is 11.5 Å². The number of phenolic OH excluding ortho intramolecular Hbond substituents is 2. The summed E-state index contributed by atoms with van der Waals surface area (Å²) in [5.74, 6) is 0.381. The number of aromatic hydroxyl groups is 2. The Morgan fingerprint density at radius 1 is 0.676 bits per heavy atom. The van der Waals surface area contributed by atoms with Crippen molar-refractivity contribution in [3.05, 3.63) is 102 Å². The van der Waals surface area contributed by atoms with E-state index in [9.17, 15) is 18.6 Å². The van der Waals surface area contributed by atoms with Crippen molar-refractivity contribution in [2.75, 3.05) is 6.26 Å². The molecule has 0 bridgehead atoms. The second-order valence-corrected chi connectivity index (χ2v) is 10.4. The Hall–Kier alpha value is -3.83. The molecule has 0 aliphatic carbocycles. The first-order valence-corrected chi connectivity index (χ1v) is 12.7. The van der Waals surface area contributed by atoms with Crippen LogP contribution in [0.25, 0.3) is 32.7 Å². The normalized spacial score (nSPS) is 11.3. The summed E-state index contributed by atoms with van der Waals surface area (Å²) in [6, 6.07) is 28.0. The molecule has 0 spiro atoms. The Kier molecular flexibility index (Phi) is 6.31. The lowest BCUT2D eigenvalue weighted by atomic mass is 9.92. The van der Waals surface area contributed by atoms with Crippen molar-refractivity contribution in [1.82, 2.24) is 0 Å². The van der Waals surface area contributed by atoms with Crippen LogP contribution in [0.3, 0.4) is 0 Å². The third-order valence-corrected chi connectivity index (χ3v) is 6.98. The Labute approximate surface area is 199 Å². The molecule has 0 saturated heterocycles. The fourth-order valence-corrected chi connectivity index (χ4v) is 4.69. The molecule has 0 fully saturated rings. The predicted molar refractivity (Wildman–Crippen MR) is 139 cm³/mol. The number of aryl methyl sites for hydroxylation is 2. The van der Waals surface area contributed by atoms with Crippen LogP contribution in [-0.4, -0.2) is 24.9 Å². The number of benzene rings is 5. The Bertz CT molecular complexity index is 1600. The van der Waals surface area contributed by atoms with Crippen molar-refractivity contribution in [2.45, 2.75) is 18.7 Å². The van der Waals surface area contributed by atoms with Gasteiger partial charge in [-0.1, -0.05) is 72.3 Å². The lowest BCUT2D eigenvalue weighted by Crippen LogP contribution is -1.95. The number of sulfone groups is 1. The van der Waals surface area contributed by atoms with E-state index in [1.54, 1.807) is 30.3 Å². The van der Waals surface area contributed by atoms with Gasteiger partial charge in [0.15, 0.2) is 9.84 Å². The third-order valence-electron chi connectivity index (χ3n) is 5.85. The van der Waals surface area contributed by atoms with Gasteiger partial charge in [-0.25, -0.2) is 8.42 Å². The molecule has 5 heteroatoms. The first kappa shape index (κ1) is 23.3. The highest BCUT2D eigenvalue weighted by Crippen LogP contribution is 2.44. The van der Waals surface area contributed by atoms with Crippen molar-refractivity contribution in [2.24, 2.45) is 0 Å². The molecule has 0 amide bonds. The van der Waals surface area contributed by atoms with Crippen molar-refractivity contribution in [3.63, 3.8) is 0 Å². The average Bonchev–Trinajstić information content (AvgIpc) is 2.82. The smallest absolute Gasteiger partial charge is 0.175 e. The summed E-state index contributed by atoms with van der Waals surface area (Å²) in [5, 5.41) is 25.0. The molecule has 0 aromatic heterocycles. The maximum atomic E-state index is 10.9. The second kappa shape index (κ2) is 9.20. The van der Waals surface area contributed by atoms with Gasteiger partial charge >= 0.3 is 0 Å². The molecule has 0 unspecified atom stereocenters. The highest BCUT2D eigenvalue weighted by molar-refractivity contribution is 7.90. The van der Waals surface area contributed by atoms with Crippen LogP contribution in [-0.2, 0) is 9.84 Å². The number of fused-ring (bicyclic) bond motifs is 2. The van der Waals surface area contributed by atoms with Crippen molar-refractivity contribution in [3.8, 4) is 22.6 Å². The Morgan fingerprint density at radius 2 is 1.26 bits per heavy atom. The van der Waals surface area contributed by atoms with Gasteiger partial charge in [-0.3, -0.25) is 0 Å². The highest BCUT2D eigenvalue weighted by Gasteiger charge is 2.16. The molecule has 172 valence electrons. The molecule has 2 N–H and O–H groups in total. The van der Waals surface area contributed by atoms with E-state index < -0.39 is 9.84 Å². The van der Waals surface area contributed by atoms with Gasteiger partial charge in [-0.15, -0.1) is 0 Å². The highest BCUT2D eigenvalue weighted by atomic mass is 32.2. The lowest BCUT2D eigenvalue weighted by Gasteiger charge is -2.14. The molecule has 5 aromatic carbocycles. The third kappa shape index (κ3) is 4.61. The largest absolute Gasteiger partial charge is 0.507 e. The van der Waals surface area contributed by atoms with Crippen LogP contribution in [0, 0.1) is 13.8 Å². The summed E-state index contributed by atoms with van der Waals surface area (Å²) in [6.07, 6.45) is 1.21. The van der Waals surface area contributed by atoms with Crippen LogP contribution in [0.5, 0.6) is 11.5 Å². The molecular formula is C29H26O4S. The van der Waals surface area contributed by atoms with Crippen molar-refractivity contribution < 1.29 is 18.6 Å². The van der Waals surface area contributed by atoms with E-state index in [0.717, 1.165) is 32.7 Å². The molecule has 0 radical (unpaired) electrons. The minimum Gasteiger partial charge on any atom is -0.507 e. The molecule has 0 atom stereocenters. The fourth-order valence-electron chi connectivity index (χ4n) is 4.06. The average molecular weight is 471 g/mol. The van der Waals surface area contributed by atoms with Gasteiger partial charge < -0.3 is 10.2 Å². The summed E-state index contributed by atoms with van der Waals surface area (Å²) in [6.45, 7) is 3.94. The zero-order valence-corrected chi connectivity index (χ0v) is 20.1. The van der Waals surface area contributed by atoms with Crippen LogP contribution >= 0.6 is 0 Å². The number of rotatable bonds is 2. The number of hydrogen-bond acceptors (Lipinski definition) is 4. The molecule has 0 heterocycles. The molecule has 34 heavy (non-hydrogen) atoms. The van der Waals surface area contributed by atoms with Crippen LogP contribution in [0.4, 0.5) is 0 Å². The lowest BCUT2D eigenvalue weighted by molar-refractivity contribution is 0.472. The maximum absolute atomic E-state index is 10.9. The standard InChI is InChI=1S/C21H16O2.C8H10O2S/c1-13-12-18(21(23)17-9-5-4-7-15(13)17)20-16-8-3-2-6-14(16)10-11-19(20)22;1-7-3-5-8(6-4-7)11(2,9)10/h2-12,22-23H,1H3;3-6H,1-2H3. The molecule has 0 aliphatic rings. The summed E-state index contributed by atoms with van der Waals surface area (Å²) in [7, 11) is -3.02. The van der Waals surface area contributed by atoms with Gasteiger partial charge in [0, 0.05) is 22.8 Å². The van der Waals surface area contributed by atoms with Crippen LogP contribution in [0.2, 0.25) is 0 Å². The van der Waals surface area contributed by atoms with Gasteiger partial charge in [0.2, 0.25) is 0 Å². The fraction of sp³-hybridized carbons (Fsp3) is 0.103. The van der Waals surface area contributed by atoms with E-state index in [1.165, 1.54) is 6.26 Å². The SMILES string of the molecule is Cc1cc(-c2c(O)ccc3ccccc23)c(O)c2ccccc12.Cc1ccc(S(C)(=O)=O)cc1. The zero-order valence-electron chi connectivity index (χ0n) is 19.3. The van der Waals surface area contributed by atoms with Crippen LogP contribution in [0.1, 0.15) is 11.1 Å². The first-order chi connectivity index (χ1) is 16.2. The Morgan fingerprint density at radius 3 is 1.91 bits per heavy atom. The number of phenols is 2. The molecule has 5 rings (SSSR count). The first-order valence-electron chi connectivity index (χ1n) is 10.9. The van der Waals surface area contributed by atoms with Crippen LogP contribution < -0.4 is 0 Å². The van der Waals surface area contributed by atoms with Gasteiger partial charge in [-0.05, 0) is 59.8 Å². The van der Waals surface area contributed by atoms with Gasteiger partial charge in [0.05, 0.1) is 4.90 Å². The Balaban J connectivity index is 0.000000210. The van der Waals surface area contributed by atoms with Gasteiger partial charge in [-0.2, -0.15) is 0 Å². The van der Waals surface area contributed by atoms with E-state index in [4.69, 9.17) is 0 Å². The monoisotopic (exact) mass is 470 g/mol. The zero-order chi connectivity index (χ0) is 24.5. The minimum absolute atomic E-state index is 0.175. The molecule has 5 aromatic rings. The van der Waals surface area contributed by atoms with E-state index >= 15 is 0 Å². The quantitative estimate of drug-likeness (QED) is 0.298. The van der Waals surface area contributed by atoms with E-state index in [2.05, 4.69) is 0 Å². The molecule has 4 nitrogen and oxygen atoms in total. The minimum atomic E-state index is -3.02. The second-order valence-electron chi connectivity index (χ2n) is 8.40. The van der Waals surface area contributed by atoms with E-state index in [1.807, 2.05) is 74.5 Å². The molecule has 0 saturated carbocycles. The summed E-state index contributed by atoms with van der Waals surface area (Å²) < 4.78 is 21.9. The van der Waals surface area contributed by atoms with Crippen molar-refractivity contribution in [1.29, 1.82) is 0 Å². The van der Waals surface area contributed by atoms with Crippen molar-refractivity contribution >= 4 is 31.4 Å². The maximum Gasteiger partial charge on any atom is 0.175 e. The molecule has 0 aliphatic heterocycles. The summed E-state index contributed by atoms with van der Waals surface area (Å²) in [5.41, 5.74) is 3.48. The van der Waals surface area contributed by atoms with E-state index in [-0.39, 0.29) is 11.5 Å². The van der Waals surface area contributed by atoms with Gasteiger partial charge in [0.25, 0.3) is 0 Å². The number of hydrogen-bond donors (Lipinski definition) is 2. The summed E-state index contributed by atoms with van der Waals surface area (Å²) in [4.78, 5) is 0.378. The summed E-state index contributed by atoms with van der Waals surface area (Å²) >= 11 is 0. The molecular weight excluding hydrogens is 444 g/mol. The van der Waals surface area contributed by atoms with E-state index in [0.29, 0.717) is 16.0 Å². The topological polar surface area (TPSA) is 74.6 Å². The van der Waals surface area contributed by atoms with Crippen LogP contribution in [0.15, 0.2) is 95.9 Å². The predicted octanol–water partition coefficient (Wildman–Crippen LogP) is 6.78.